The zero-order chi connectivity index (χ0) is 10.4. The molecule has 0 aliphatic rings. The average molecular weight is 184 g/mol. The second-order valence-electron chi connectivity index (χ2n) is 3.19. The van der Waals surface area contributed by atoms with Gasteiger partial charge in [0, 0.05) is 0 Å². The lowest BCUT2D eigenvalue weighted by atomic mass is 9.97. The van der Waals surface area contributed by atoms with E-state index in [9.17, 15) is 4.79 Å². The highest BCUT2D eigenvalue weighted by Crippen LogP contribution is 2.16. The molecule has 0 aliphatic carbocycles. The predicted molar refractivity (Wildman–Crippen MR) is 51.6 cm³/mol. The third-order valence-corrected chi connectivity index (χ3v) is 1.75. The predicted octanol–water partition coefficient (Wildman–Crippen LogP) is 2.51. The molecule has 2 N–H and O–H groups in total. The van der Waals surface area contributed by atoms with Crippen molar-refractivity contribution in [3.63, 3.8) is 0 Å². The number of carboxylic acid groups (broad SMARTS) is 1. The number of carboxylic acids is 1. The molecular formula is C10H16O3. The Kier molecular flexibility index (Phi) is 4.89. The van der Waals surface area contributed by atoms with Crippen molar-refractivity contribution in [3.05, 3.63) is 24.0 Å². The largest absolute Gasteiger partial charge is 0.502 e. The van der Waals surface area contributed by atoms with E-state index in [0.717, 1.165) is 12.0 Å². The van der Waals surface area contributed by atoms with E-state index in [4.69, 9.17) is 10.2 Å². The van der Waals surface area contributed by atoms with Gasteiger partial charge in [-0.15, -0.1) is 6.58 Å². The zero-order valence-electron chi connectivity index (χ0n) is 8.08. The quantitative estimate of drug-likeness (QED) is 0.392. The number of aliphatic hydroxyl groups is 1. The molecule has 0 spiro atoms. The Hall–Kier alpha value is -1.25. The van der Waals surface area contributed by atoms with Crippen molar-refractivity contribution in [1.82, 2.24) is 0 Å². The minimum Gasteiger partial charge on any atom is -0.502 e. The Balaban J connectivity index is 4.34. The molecule has 0 bridgehead atoms. The summed E-state index contributed by atoms with van der Waals surface area (Å²) in [5.74, 6) is -1.79. The van der Waals surface area contributed by atoms with E-state index in [1.54, 1.807) is 0 Å². The molecule has 0 amide bonds. The molecular weight excluding hydrogens is 168 g/mol. The van der Waals surface area contributed by atoms with Gasteiger partial charge < -0.3 is 10.2 Å². The van der Waals surface area contributed by atoms with Crippen LogP contribution >= 0.6 is 0 Å². The van der Waals surface area contributed by atoms with Crippen molar-refractivity contribution in [2.45, 2.75) is 26.7 Å². The van der Waals surface area contributed by atoms with Crippen LogP contribution in [0.1, 0.15) is 26.7 Å². The van der Waals surface area contributed by atoms with E-state index in [-0.39, 0.29) is 5.92 Å². The minimum atomic E-state index is -1.28. The molecule has 0 fully saturated rings. The molecule has 0 radical (unpaired) electrons. The molecule has 0 saturated carbocycles. The number of allylic oxidation sites excluding steroid dienone is 2. The highest BCUT2D eigenvalue weighted by Gasteiger charge is 2.09. The Morgan fingerprint density at radius 1 is 1.54 bits per heavy atom. The van der Waals surface area contributed by atoms with Gasteiger partial charge in [0.15, 0.2) is 5.76 Å². The van der Waals surface area contributed by atoms with Crippen LogP contribution in [0.3, 0.4) is 0 Å². The molecule has 3 heteroatoms. The summed E-state index contributed by atoms with van der Waals surface area (Å²) in [6, 6.07) is 0. The first-order valence-corrected chi connectivity index (χ1v) is 4.25. The molecule has 13 heavy (non-hydrogen) atoms. The molecule has 1 atom stereocenters. The lowest BCUT2D eigenvalue weighted by Crippen LogP contribution is -2.04. The number of hydrogen-bond donors (Lipinski definition) is 2. The van der Waals surface area contributed by atoms with Crippen molar-refractivity contribution in [3.8, 4) is 0 Å². The second kappa shape index (κ2) is 5.41. The van der Waals surface area contributed by atoms with Gasteiger partial charge in [0.1, 0.15) is 0 Å². The first-order valence-electron chi connectivity index (χ1n) is 4.25. The van der Waals surface area contributed by atoms with Gasteiger partial charge in [0.2, 0.25) is 0 Å². The third kappa shape index (κ3) is 5.06. The van der Waals surface area contributed by atoms with E-state index in [1.165, 1.54) is 6.08 Å². The summed E-state index contributed by atoms with van der Waals surface area (Å²) in [5.41, 5.74) is 0.987. The normalized spacial score (nSPS) is 13.8. The lowest BCUT2D eigenvalue weighted by molar-refractivity contribution is -0.135. The maximum Gasteiger partial charge on any atom is 0.370 e. The van der Waals surface area contributed by atoms with Crippen LogP contribution in [-0.2, 0) is 4.79 Å². The maximum absolute atomic E-state index is 10.3. The summed E-state index contributed by atoms with van der Waals surface area (Å²) in [7, 11) is 0. The number of carbonyl (C=O) groups is 1. The highest BCUT2D eigenvalue weighted by atomic mass is 16.4. The van der Waals surface area contributed by atoms with Crippen molar-refractivity contribution < 1.29 is 15.0 Å². The Morgan fingerprint density at radius 3 is 2.38 bits per heavy atom. The summed E-state index contributed by atoms with van der Waals surface area (Å²) < 4.78 is 0. The van der Waals surface area contributed by atoms with E-state index in [1.807, 2.05) is 13.8 Å². The van der Waals surface area contributed by atoms with Gasteiger partial charge in [-0.25, -0.2) is 4.79 Å². The fraction of sp³-hybridized carbons (Fsp3) is 0.500. The van der Waals surface area contributed by atoms with E-state index >= 15 is 0 Å². The van der Waals surface area contributed by atoms with Crippen LogP contribution in [0, 0.1) is 5.92 Å². The first-order chi connectivity index (χ1) is 5.97. The highest BCUT2D eigenvalue weighted by molar-refractivity contribution is 5.83. The molecule has 0 rings (SSSR count). The molecule has 0 heterocycles. The summed E-state index contributed by atoms with van der Waals surface area (Å²) in [6.45, 7) is 7.56. The van der Waals surface area contributed by atoms with E-state index in [2.05, 4.69) is 6.58 Å². The number of aliphatic hydroxyl groups excluding tert-OH is 1. The summed E-state index contributed by atoms with van der Waals surface area (Å²) in [5, 5.41) is 17.4. The number of aliphatic carboxylic acids is 1. The molecule has 0 aromatic carbocycles. The second-order valence-corrected chi connectivity index (χ2v) is 3.19. The van der Waals surface area contributed by atoms with Crippen molar-refractivity contribution in [1.29, 1.82) is 0 Å². The van der Waals surface area contributed by atoms with Crippen molar-refractivity contribution in [2.24, 2.45) is 5.92 Å². The number of hydrogen-bond acceptors (Lipinski definition) is 2. The lowest BCUT2D eigenvalue weighted by Gasteiger charge is -2.09. The van der Waals surface area contributed by atoms with Gasteiger partial charge in [-0.05, 0) is 31.8 Å². The minimum absolute atomic E-state index is 0.0635. The first kappa shape index (κ1) is 11.8. The number of rotatable bonds is 5. The van der Waals surface area contributed by atoms with Crippen LogP contribution in [0.25, 0.3) is 0 Å². The van der Waals surface area contributed by atoms with Crippen LogP contribution in [0.15, 0.2) is 24.0 Å². The topological polar surface area (TPSA) is 57.5 Å². The molecule has 3 nitrogen and oxygen atoms in total. The Morgan fingerprint density at radius 2 is 2.08 bits per heavy atom. The third-order valence-electron chi connectivity index (χ3n) is 1.75. The van der Waals surface area contributed by atoms with Crippen LogP contribution < -0.4 is 0 Å². The zero-order valence-corrected chi connectivity index (χ0v) is 8.08. The van der Waals surface area contributed by atoms with Gasteiger partial charge >= 0.3 is 5.97 Å². The van der Waals surface area contributed by atoms with Crippen LogP contribution in [-0.4, -0.2) is 16.2 Å². The maximum atomic E-state index is 10.3. The van der Waals surface area contributed by atoms with Crippen molar-refractivity contribution >= 4 is 5.97 Å². The van der Waals surface area contributed by atoms with Gasteiger partial charge in [0.05, 0.1) is 0 Å². The monoisotopic (exact) mass is 184 g/mol. The van der Waals surface area contributed by atoms with Gasteiger partial charge in [-0.3, -0.25) is 0 Å². The molecule has 1 unspecified atom stereocenters. The van der Waals surface area contributed by atoms with Crippen molar-refractivity contribution in [2.75, 3.05) is 0 Å². The van der Waals surface area contributed by atoms with Gasteiger partial charge in [-0.2, -0.15) is 0 Å². The Bertz CT molecular complexity index is 228. The standard InChI is InChI=1S/C10H16O3/c1-4-8(5-7(2)3)6-9(11)10(12)13/h6,8,11H,2,4-5H2,1,3H3,(H,12,13)/b9-6-. The average Bonchev–Trinajstić information content (AvgIpc) is 2.02. The molecule has 74 valence electrons. The fourth-order valence-corrected chi connectivity index (χ4v) is 1.06. The van der Waals surface area contributed by atoms with Crippen LogP contribution in [0.2, 0.25) is 0 Å². The molecule has 0 aliphatic heterocycles. The van der Waals surface area contributed by atoms with Crippen LogP contribution in [0.5, 0.6) is 0 Å². The van der Waals surface area contributed by atoms with Gasteiger partial charge in [-0.1, -0.05) is 12.5 Å². The van der Waals surface area contributed by atoms with E-state index < -0.39 is 11.7 Å². The molecule has 0 aromatic heterocycles. The fourth-order valence-electron chi connectivity index (χ4n) is 1.06. The SMILES string of the molecule is C=C(C)CC(/C=C(\O)C(=O)O)CC. The van der Waals surface area contributed by atoms with Crippen LogP contribution in [0.4, 0.5) is 0 Å². The molecule has 0 aromatic rings. The summed E-state index contributed by atoms with van der Waals surface area (Å²) >= 11 is 0. The smallest absolute Gasteiger partial charge is 0.370 e. The molecule has 0 saturated heterocycles. The van der Waals surface area contributed by atoms with E-state index in [0.29, 0.717) is 6.42 Å². The Labute approximate surface area is 78.4 Å². The van der Waals surface area contributed by atoms with Gasteiger partial charge in [0.25, 0.3) is 0 Å². The summed E-state index contributed by atoms with van der Waals surface area (Å²) in [6.07, 6.45) is 2.88. The summed E-state index contributed by atoms with van der Waals surface area (Å²) in [4.78, 5) is 10.3.